The van der Waals surface area contributed by atoms with Crippen LogP contribution in [-0.4, -0.2) is 41.9 Å². The highest BCUT2D eigenvalue weighted by molar-refractivity contribution is 4.90. The van der Waals surface area contributed by atoms with Crippen LogP contribution in [0.4, 0.5) is 4.39 Å². The largest absolute Gasteiger partial charge is 0.395 e. The molecule has 0 amide bonds. The van der Waals surface area contributed by atoms with E-state index in [0.717, 1.165) is 6.54 Å². The van der Waals surface area contributed by atoms with E-state index in [4.69, 9.17) is 5.11 Å². The second-order valence-electron chi connectivity index (χ2n) is 3.19. The molecule has 0 unspecified atom stereocenters. The summed E-state index contributed by atoms with van der Waals surface area (Å²) in [6.07, 6.45) is 3.65. The third-order valence-corrected chi connectivity index (χ3v) is 2.26. The number of likely N-dealkylation sites (tertiary alicyclic amines) is 1. The Bertz CT molecular complexity index is 161. The molecular weight excluding hydrogens is 157 g/mol. The molecular formula is C9H16FNO. The van der Waals surface area contributed by atoms with Gasteiger partial charge < -0.3 is 5.11 Å². The van der Waals surface area contributed by atoms with Crippen molar-refractivity contribution in [2.24, 2.45) is 0 Å². The Labute approximate surface area is 72.7 Å². The highest BCUT2D eigenvalue weighted by Crippen LogP contribution is 2.19. The van der Waals surface area contributed by atoms with Crippen molar-refractivity contribution < 1.29 is 9.50 Å². The molecule has 1 rings (SSSR count). The van der Waals surface area contributed by atoms with Gasteiger partial charge in [-0.2, -0.15) is 0 Å². The summed E-state index contributed by atoms with van der Waals surface area (Å²) in [5, 5.41) is 8.92. The van der Waals surface area contributed by atoms with Crippen LogP contribution in [0.25, 0.3) is 0 Å². The molecule has 0 radical (unpaired) electrons. The lowest BCUT2D eigenvalue weighted by Gasteiger charge is -2.19. The second kappa shape index (κ2) is 4.58. The number of hydrogen-bond acceptors (Lipinski definition) is 2. The summed E-state index contributed by atoms with van der Waals surface area (Å²) in [5.41, 5.74) is 0. The summed E-state index contributed by atoms with van der Waals surface area (Å²) >= 11 is 0. The van der Waals surface area contributed by atoms with Gasteiger partial charge in [-0.25, -0.2) is 4.39 Å². The molecule has 2 atom stereocenters. The molecule has 3 heteroatoms. The van der Waals surface area contributed by atoms with E-state index < -0.39 is 6.17 Å². The van der Waals surface area contributed by atoms with E-state index in [-0.39, 0.29) is 12.6 Å². The van der Waals surface area contributed by atoms with Gasteiger partial charge in [-0.3, -0.25) is 4.90 Å². The predicted molar refractivity (Wildman–Crippen MR) is 46.8 cm³/mol. The van der Waals surface area contributed by atoms with Crippen LogP contribution in [0.15, 0.2) is 12.2 Å². The summed E-state index contributed by atoms with van der Waals surface area (Å²) < 4.78 is 12.9. The summed E-state index contributed by atoms with van der Waals surface area (Å²) in [5.74, 6) is 0. The highest BCUT2D eigenvalue weighted by Gasteiger charge is 2.30. The van der Waals surface area contributed by atoms with E-state index in [1.165, 1.54) is 0 Å². The first-order chi connectivity index (χ1) is 5.77. The smallest absolute Gasteiger partial charge is 0.114 e. The maximum Gasteiger partial charge on any atom is 0.114 e. The SMILES string of the molecule is C/C=C/CN1C[C@@H](F)C[C@H]1CO. The Hall–Kier alpha value is -0.410. The fraction of sp³-hybridized carbons (Fsp3) is 0.778. The summed E-state index contributed by atoms with van der Waals surface area (Å²) in [6.45, 7) is 3.23. The van der Waals surface area contributed by atoms with Crippen LogP contribution >= 0.6 is 0 Å². The lowest BCUT2D eigenvalue weighted by molar-refractivity contribution is 0.169. The number of halogens is 1. The highest BCUT2D eigenvalue weighted by atomic mass is 19.1. The van der Waals surface area contributed by atoms with Crippen molar-refractivity contribution in [3.8, 4) is 0 Å². The minimum absolute atomic E-state index is 0.0243. The predicted octanol–water partition coefficient (Wildman–Crippen LogP) is 0.967. The maximum absolute atomic E-state index is 12.9. The number of hydrogen-bond donors (Lipinski definition) is 1. The van der Waals surface area contributed by atoms with E-state index >= 15 is 0 Å². The number of aliphatic hydroxyl groups is 1. The van der Waals surface area contributed by atoms with E-state index in [9.17, 15) is 4.39 Å². The van der Waals surface area contributed by atoms with Crippen molar-refractivity contribution in [1.82, 2.24) is 4.90 Å². The van der Waals surface area contributed by atoms with Gasteiger partial charge in [0.05, 0.1) is 6.61 Å². The number of allylic oxidation sites excluding steroid dienone is 1. The van der Waals surface area contributed by atoms with E-state index in [0.29, 0.717) is 13.0 Å². The molecule has 12 heavy (non-hydrogen) atoms. The molecule has 1 aliphatic heterocycles. The van der Waals surface area contributed by atoms with Gasteiger partial charge in [0, 0.05) is 19.1 Å². The number of alkyl halides is 1. The number of rotatable bonds is 3. The van der Waals surface area contributed by atoms with E-state index in [2.05, 4.69) is 0 Å². The molecule has 1 aliphatic rings. The van der Waals surface area contributed by atoms with Gasteiger partial charge in [0.15, 0.2) is 0 Å². The first-order valence-electron chi connectivity index (χ1n) is 4.38. The lowest BCUT2D eigenvalue weighted by atomic mass is 10.2. The average Bonchev–Trinajstić information content (AvgIpc) is 2.42. The first-order valence-corrected chi connectivity index (χ1v) is 4.38. The standard InChI is InChI=1S/C9H16FNO/c1-2-3-4-11-6-8(10)5-9(11)7-12/h2-3,8-9,12H,4-7H2,1H3/b3-2+/t8-,9-/m0/s1. The molecule has 0 aliphatic carbocycles. The zero-order valence-corrected chi connectivity index (χ0v) is 7.41. The molecule has 2 nitrogen and oxygen atoms in total. The van der Waals surface area contributed by atoms with Crippen molar-refractivity contribution in [3.63, 3.8) is 0 Å². The van der Waals surface area contributed by atoms with Crippen molar-refractivity contribution in [1.29, 1.82) is 0 Å². The molecule has 0 bridgehead atoms. The Morgan fingerprint density at radius 3 is 3.00 bits per heavy atom. The molecule has 1 N–H and O–H groups in total. The summed E-state index contributed by atoms with van der Waals surface area (Å²) in [4.78, 5) is 1.98. The van der Waals surface area contributed by atoms with Crippen molar-refractivity contribution >= 4 is 0 Å². The molecule has 0 saturated carbocycles. The van der Waals surface area contributed by atoms with Gasteiger partial charge in [-0.1, -0.05) is 12.2 Å². The van der Waals surface area contributed by atoms with Gasteiger partial charge in [0.2, 0.25) is 0 Å². The van der Waals surface area contributed by atoms with E-state index in [1.807, 2.05) is 24.0 Å². The normalized spacial score (nSPS) is 31.9. The van der Waals surface area contributed by atoms with Crippen LogP contribution < -0.4 is 0 Å². The number of aliphatic hydroxyl groups excluding tert-OH is 1. The molecule has 0 aromatic rings. The molecule has 0 spiro atoms. The summed E-state index contributed by atoms with van der Waals surface area (Å²) in [6, 6.07) is 0.0243. The molecule has 0 aromatic carbocycles. The molecule has 70 valence electrons. The maximum atomic E-state index is 12.9. The topological polar surface area (TPSA) is 23.5 Å². The first kappa shape index (κ1) is 9.68. The van der Waals surface area contributed by atoms with Gasteiger partial charge in [-0.05, 0) is 13.3 Å². The zero-order chi connectivity index (χ0) is 8.97. The average molecular weight is 173 g/mol. The van der Waals surface area contributed by atoms with Crippen molar-refractivity contribution in [3.05, 3.63) is 12.2 Å². The molecule has 1 saturated heterocycles. The Morgan fingerprint density at radius 1 is 1.67 bits per heavy atom. The van der Waals surface area contributed by atoms with Crippen LogP contribution in [0.2, 0.25) is 0 Å². The molecule has 0 aromatic heterocycles. The van der Waals surface area contributed by atoms with Crippen molar-refractivity contribution in [2.45, 2.75) is 25.6 Å². The minimum Gasteiger partial charge on any atom is -0.395 e. The van der Waals surface area contributed by atoms with Gasteiger partial charge in [0.1, 0.15) is 6.17 Å². The molecule has 1 fully saturated rings. The molecule has 1 heterocycles. The Balaban J connectivity index is 2.40. The van der Waals surface area contributed by atoms with Crippen LogP contribution in [0.5, 0.6) is 0 Å². The Kier molecular flexibility index (Phi) is 3.69. The third kappa shape index (κ3) is 2.29. The van der Waals surface area contributed by atoms with Crippen LogP contribution in [0.1, 0.15) is 13.3 Å². The van der Waals surface area contributed by atoms with Crippen LogP contribution in [-0.2, 0) is 0 Å². The zero-order valence-electron chi connectivity index (χ0n) is 7.41. The van der Waals surface area contributed by atoms with Gasteiger partial charge >= 0.3 is 0 Å². The third-order valence-electron chi connectivity index (χ3n) is 2.26. The number of nitrogens with zero attached hydrogens (tertiary/aromatic N) is 1. The van der Waals surface area contributed by atoms with Crippen molar-refractivity contribution in [2.75, 3.05) is 19.7 Å². The van der Waals surface area contributed by atoms with Gasteiger partial charge in [-0.15, -0.1) is 0 Å². The second-order valence-corrected chi connectivity index (χ2v) is 3.19. The fourth-order valence-corrected chi connectivity index (χ4v) is 1.58. The van der Waals surface area contributed by atoms with Crippen LogP contribution in [0, 0.1) is 0 Å². The van der Waals surface area contributed by atoms with E-state index in [1.54, 1.807) is 0 Å². The summed E-state index contributed by atoms with van der Waals surface area (Å²) in [7, 11) is 0. The minimum atomic E-state index is -0.757. The monoisotopic (exact) mass is 173 g/mol. The quantitative estimate of drug-likeness (QED) is 0.643. The van der Waals surface area contributed by atoms with Gasteiger partial charge in [0.25, 0.3) is 0 Å². The lowest BCUT2D eigenvalue weighted by Crippen LogP contribution is -2.32. The van der Waals surface area contributed by atoms with Crippen LogP contribution in [0.3, 0.4) is 0 Å². The fourth-order valence-electron chi connectivity index (χ4n) is 1.58. The Morgan fingerprint density at radius 2 is 2.42 bits per heavy atom.